The number of halogens is 1. The Morgan fingerprint density at radius 1 is 1.00 bits per heavy atom. The number of nitrogens with zero attached hydrogens (tertiary/aromatic N) is 2. The third kappa shape index (κ3) is 5.44. The molecule has 0 atom stereocenters. The van der Waals surface area contributed by atoms with Gasteiger partial charge < -0.3 is 14.5 Å². The number of para-hydroxylation sites is 1. The number of benzene rings is 2. The Bertz CT molecular complexity index is 889. The highest BCUT2D eigenvalue weighted by atomic mass is 19.1. The normalized spacial score (nSPS) is 14.3. The van der Waals surface area contributed by atoms with Gasteiger partial charge in [-0.1, -0.05) is 36.4 Å². The molecule has 0 radical (unpaired) electrons. The van der Waals surface area contributed by atoms with E-state index in [4.69, 9.17) is 4.74 Å². The van der Waals surface area contributed by atoms with Crippen LogP contribution in [-0.2, 0) is 16.0 Å². The van der Waals surface area contributed by atoms with E-state index in [-0.39, 0.29) is 24.1 Å². The summed E-state index contributed by atoms with van der Waals surface area (Å²) in [4.78, 5) is 28.3. The van der Waals surface area contributed by atoms with Gasteiger partial charge in [0.1, 0.15) is 11.6 Å². The summed E-state index contributed by atoms with van der Waals surface area (Å²) in [7, 11) is 0. The molecule has 1 heterocycles. The molecule has 1 saturated heterocycles. The summed E-state index contributed by atoms with van der Waals surface area (Å²) < 4.78 is 19.3. The Morgan fingerprint density at radius 3 is 2.38 bits per heavy atom. The summed E-state index contributed by atoms with van der Waals surface area (Å²) in [5, 5.41) is 0. The van der Waals surface area contributed by atoms with Gasteiger partial charge in [-0.05, 0) is 30.7 Å². The van der Waals surface area contributed by atoms with Crippen LogP contribution in [0.15, 0.2) is 54.6 Å². The molecular weight excluding hydrogens is 371 g/mol. The summed E-state index contributed by atoms with van der Waals surface area (Å²) in [5.74, 6) is 0.149. The molecule has 0 bridgehead atoms. The van der Waals surface area contributed by atoms with Crippen LogP contribution in [0.4, 0.5) is 4.39 Å². The lowest BCUT2D eigenvalue weighted by Gasteiger charge is -2.34. The molecule has 6 heteroatoms. The molecule has 0 aromatic heterocycles. The first-order valence-corrected chi connectivity index (χ1v) is 9.78. The summed E-state index contributed by atoms with van der Waals surface area (Å²) >= 11 is 0. The molecule has 2 aromatic carbocycles. The summed E-state index contributed by atoms with van der Waals surface area (Å²) in [6.45, 7) is 4.28. The fourth-order valence-corrected chi connectivity index (χ4v) is 3.26. The third-order valence-corrected chi connectivity index (χ3v) is 4.87. The molecule has 0 N–H and O–H groups in total. The predicted molar refractivity (Wildman–Crippen MR) is 110 cm³/mol. The maximum Gasteiger partial charge on any atom is 0.246 e. The number of hydrogen-bond acceptors (Lipinski definition) is 3. The molecule has 29 heavy (non-hydrogen) atoms. The lowest BCUT2D eigenvalue weighted by atomic mass is 10.1. The standard InChI is InChI=1S/C23H25FN2O3/c1-2-29-21-10-6-4-7-18(21)11-12-22(27)25-13-15-26(16-14-25)23(28)17-19-8-3-5-9-20(19)24/h3-12H,2,13-17H2,1H3. The van der Waals surface area contributed by atoms with Crippen LogP contribution in [0.25, 0.3) is 6.08 Å². The van der Waals surface area contributed by atoms with Crippen molar-refractivity contribution in [2.24, 2.45) is 0 Å². The molecule has 3 rings (SSSR count). The molecule has 0 saturated carbocycles. The van der Waals surface area contributed by atoms with Crippen LogP contribution in [0.5, 0.6) is 5.75 Å². The zero-order valence-corrected chi connectivity index (χ0v) is 16.5. The third-order valence-electron chi connectivity index (χ3n) is 4.87. The summed E-state index contributed by atoms with van der Waals surface area (Å²) in [5.41, 5.74) is 1.24. The Hall–Kier alpha value is -3.15. The van der Waals surface area contributed by atoms with Crippen molar-refractivity contribution >= 4 is 17.9 Å². The van der Waals surface area contributed by atoms with Crippen LogP contribution < -0.4 is 4.74 Å². The van der Waals surface area contributed by atoms with Crippen LogP contribution in [0.2, 0.25) is 0 Å². The minimum absolute atomic E-state index is 0.0364. The summed E-state index contributed by atoms with van der Waals surface area (Å²) in [6, 6.07) is 13.9. The number of ether oxygens (including phenoxy) is 1. The maximum atomic E-state index is 13.7. The van der Waals surface area contributed by atoms with Crippen LogP contribution in [0.1, 0.15) is 18.1 Å². The van der Waals surface area contributed by atoms with E-state index in [9.17, 15) is 14.0 Å². The largest absolute Gasteiger partial charge is 0.493 e. The SMILES string of the molecule is CCOc1ccccc1C=CC(=O)N1CCN(C(=O)Cc2ccccc2F)CC1. The van der Waals surface area contributed by atoms with Crippen molar-refractivity contribution in [2.75, 3.05) is 32.8 Å². The van der Waals surface area contributed by atoms with E-state index < -0.39 is 0 Å². The van der Waals surface area contributed by atoms with Crippen molar-refractivity contribution in [3.05, 3.63) is 71.6 Å². The predicted octanol–water partition coefficient (Wildman–Crippen LogP) is 3.15. The van der Waals surface area contributed by atoms with Gasteiger partial charge in [-0.15, -0.1) is 0 Å². The van der Waals surface area contributed by atoms with E-state index in [2.05, 4.69) is 0 Å². The second-order valence-electron chi connectivity index (χ2n) is 6.78. The van der Waals surface area contributed by atoms with E-state index in [1.807, 2.05) is 31.2 Å². The van der Waals surface area contributed by atoms with Crippen molar-refractivity contribution in [3.63, 3.8) is 0 Å². The number of hydrogen-bond donors (Lipinski definition) is 0. The van der Waals surface area contributed by atoms with Crippen LogP contribution in [0, 0.1) is 5.82 Å². The van der Waals surface area contributed by atoms with E-state index in [0.717, 1.165) is 11.3 Å². The Labute approximate surface area is 170 Å². The van der Waals surface area contributed by atoms with Crippen molar-refractivity contribution < 1.29 is 18.7 Å². The maximum absolute atomic E-state index is 13.7. The molecule has 5 nitrogen and oxygen atoms in total. The topological polar surface area (TPSA) is 49.9 Å². The zero-order chi connectivity index (χ0) is 20.6. The Morgan fingerprint density at radius 2 is 1.66 bits per heavy atom. The minimum atomic E-state index is -0.368. The highest BCUT2D eigenvalue weighted by Crippen LogP contribution is 2.19. The van der Waals surface area contributed by atoms with Crippen molar-refractivity contribution in [1.82, 2.24) is 9.80 Å². The Balaban J connectivity index is 1.53. The van der Waals surface area contributed by atoms with Gasteiger partial charge in [0, 0.05) is 37.8 Å². The molecule has 2 amide bonds. The van der Waals surface area contributed by atoms with Gasteiger partial charge in [-0.2, -0.15) is 0 Å². The van der Waals surface area contributed by atoms with Gasteiger partial charge in [0.05, 0.1) is 13.0 Å². The zero-order valence-electron chi connectivity index (χ0n) is 16.5. The van der Waals surface area contributed by atoms with Gasteiger partial charge in [-0.25, -0.2) is 4.39 Å². The smallest absolute Gasteiger partial charge is 0.246 e. The van der Waals surface area contributed by atoms with Crippen LogP contribution in [-0.4, -0.2) is 54.4 Å². The molecule has 1 aliphatic heterocycles. The quantitative estimate of drug-likeness (QED) is 0.705. The second kappa shape index (κ2) is 9.87. The van der Waals surface area contributed by atoms with Gasteiger partial charge in [0.2, 0.25) is 11.8 Å². The second-order valence-corrected chi connectivity index (χ2v) is 6.78. The van der Waals surface area contributed by atoms with Crippen molar-refractivity contribution in [3.8, 4) is 5.75 Å². The van der Waals surface area contributed by atoms with Crippen LogP contribution >= 0.6 is 0 Å². The summed E-state index contributed by atoms with van der Waals surface area (Å²) in [6.07, 6.45) is 3.33. The molecule has 0 spiro atoms. The highest BCUT2D eigenvalue weighted by molar-refractivity contribution is 5.92. The number of rotatable bonds is 6. The molecule has 1 aliphatic rings. The van der Waals surface area contributed by atoms with Gasteiger partial charge in [0.15, 0.2) is 0 Å². The average molecular weight is 396 g/mol. The molecular formula is C23H25FN2O3. The number of amides is 2. The number of carbonyl (C=O) groups excluding carboxylic acids is 2. The van der Waals surface area contributed by atoms with Gasteiger partial charge in [-0.3, -0.25) is 9.59 Å². The van der Waals surface area contributed by atoms with Crippen LogP contribution in [0.3, 0.4) is 0 Å². The van der Waals surface area contributed by atoms with E-state index in [1.54, 1.807) is 34.1 Å². The number of piperazine rings is 1. The molecule has 0 aliphatic carbocycles. The monoisotopic (exact) mass is 396 g/mol. The minimum Gasteiger partial charge on any atom is -0.493 e. The van der Waals surface area contributed by atoms with E-state index in [0.29, 0.717) is 38.3 Å². The van der Waals surface area contributed by atoms with Crippen molar-refractivity contribution in [1.29, 1.82) is 0 Å². The Kier molecular flexibility index (Phi) is 7.00. The van der Waals surface area contributed by atoms with E-state index in [1.165, 1.54) is 12.1 Å². The molecule has 152 valence electrons. The first kappa shape index (κ1) is 20.6. The molecule has 1 fully saturated rings. The van der Waals surface area contributed by atoms with Crippen molar-refractivity contribution in [2.45, 2.75) is 13.3 Å². The first-order valence-electron chi connectivity index (χ1n) is 9.78. The molecule has 2 aromatic rings. The first-order chi connectivity index (χ1) is 14.1. The van der Waals surface area contributed by atoms with E-state index >= 15 is 0 Å². The van der Waals surface area contributed by atoms with Gasteiger partial charge >= 0.3 is 0 Å². The molecule has 0 unspecified atom stereocenters. The lowest BCUT2D eigenvalue weighted by molar-refractivity contribution is -0.136. The fourth-order valence-electron chi connectivity index (χ4n) is 3.26. The average Bonchev–Trinajstić information content (AvgIpc) is 2.75. The fraction of sp³-hybridized carbons (Fsp3) is 0.304. The number of carbonyl (C=O) groups is 2. The van der Waals surface area contributed by atoms with Gasteiger partial charge in [0.25, 0.3) is 0 Å². The lowest BCUT2D eigenvalue weighted by Crippen LogP contribution is -2.50. The highest BCUT2D eigenvalue weighted by Gasteiger charge is 2.23.